The number of hydrogen-bond acceptors (Lipinski definition) is 12. The van der Waals surface area contributed by atoms with Crippen molar-refractivity contribution < 1.29 is 47.7 Å². The minimum absolute atomic E-state index is 0.0419. The van der Waals surface area contributed by atoms with Crippen LogP contribution in [0.3, 0.4) is 0 Å². The normalized spacial score (nSPS) is 30.0. The zero-order valence-corrected chi connectivity index (χ0v) is 38.7. The lowest BCUT2D eigenvalue weighted by Gasteiger charge is -2.62. The average molecular weight is 877 g/mol. The van der Waals surface area contributed by atoms with Crippen LogP contribution in [0.1, 0.15) is 109 Å². The van der Waals surface area contributed by atoms with Crippen molar-refractivity contribution in [3.8, 4) is 23.3 Å². The first-order valence-corrected chi connectivity index (χ1v) is 22.2. The number of nitrogens with zero attached hydrogens (tertiary/aromatic N) is 4. The van der Waals surface area contributed by atoms with Crippen LogP contribution in [0.2, 0.25) is 0 Å². The molecule has 2 saturated heterocycles. The maximum Gasteiger partial charge on any atom is 0.333 e. The number of piperazine rings is 1. The first-order valence-electron chi connectivity index (χ1n) is 22.2. The zero-order valence-electron chi connectivity index (χ0n) is 38.7. The Morgan fingerprint density at radius 2 is 1.70 bits per heavy atom. The van der Waals surface area contributed by atoms with Gasteiger partial charge in [-0.05, 0) is 100 Å². The number of ether oxygens (including phenoxy) is 5. The predicted octanol–water partition coefficient (Wildman–Crippen LogP) is 6.81. The number of ketones is 2. The van der Waals surface area contributed by atoms with Gasteiger partial charge in [0, 0.05) is 55.6 Å². The van der Waals surface area contributed by atoms with Crippen LogP contribution in [-0.2, 0) is 35.1 Å². The van der Waals surface area contributed by atoms with E-state index in [2.05, 4.69) is 21.9 Å². The Balaban J connectivity index is 1.50. The number of carbonyl (C=O) groups is 5. The average Bonchev–Trinajstić information content (AvgIpc) is 3.38. The van der Waals surface area contributed by atoms with Crippen LogP contribution in [0.25, 0.3) is 10.9 Å². The highest BCUT2D eigenvalue weighted by Crippen LogP contribution is 2.72. The van der Waals surface area contributed by atoms with Crippen molar-refractivity contribution >= 4 is 35.5 Å². The quantitative estimate of drug-likeness (QED) is 0.0539. The monoisotopic (exact) mass is 876 g/mol. The summed E-state index contributed by atoms with van der Waals surface area (Å²) in [6, 6.07) is 0.668. The van der Waals surface area contributed by atoms with Crippen molar-refractivity contribution in [3.63, 3.8) is 0 Å². The standard InChI is InChI=1S/C50H60N4O10/c1-28(2)13-12-18-48(8)19-17-32-42(62-48)31(15-14-29(3)4)44-39(43(32)61-37(56)26-36(55)54-23-21-53(10)22-24-54)41(57)40-38(34(27-51)52-9)33-25-35-47(6,7)64-49(45(33)58,50(35,40)63-44)20-16-30(5)46(59)60-11/h13-14,16-17,19,33-35,38,40H,12,15,18,20-26H2,1-8,10-11H3/b30-16-. The second-order valence-corrected chi connectivity index (χ2v) is 19.5. The molecule has 4 heterocycles. The molecule has 5 fully saturated rings. The van der Waals surface area contributed by atoms with Crippen molar-refractivity contribution in [3.05, 3.63) is 69.1 Å². The largest absolute Gasteiger partial charge is 0.482 e. The third-order valence-electron chi connectivity index (χ3n) is 14.3. The molecular formula is C50H60N4O10. The highest BCUT2D eigenvalue weighted by molar-refractivity contribution is 6.11. The fourth-order valence-electron chi connectivity index (χ4n) is 11.1. The number of likely N-dealkylation sites (N-methyl/N-ethyl adjacent to an activating group) is 1. The molecule has 8 unspecified atom stereocenters. The molecule has 1 aromatic rings. The highest BCUT2D eigenvalue weighted by Gasteiger charge is 2.86. The number of carbonyl (C=O) groups excluding carboxylic acids is 5. The Morgan fingerprint density at radius 3 is 2.33 bits per heavy atom. The van der Waals surface area contributed by atoms with Gasteiger partial charge in [0.25, 0.3) is 0 Å². The van der Waals surface area contributed by atoms with Crippen LogP contribution in [0, 0.1) is 41.6 Å². The van der Waals surface area contributed by atoms with Gasteiger partial charge < -0.3 is 33.5 Å². The number of hydrogen-bond donors (Lipinski definition) is 0. The predicted molar refractivity (Wildman–Crippen MR) is 236 cm³/mol. The summed E-state index contributed by atoms with van der Waals surface area (Å²) < 4.78 is 32.8. The molecular weight excluding hydrogens is 817 g/mol. The van der Waals surface area contributed by atoms with Gasteiger partial charge in [-0.3, -0.25) is 24.0 Å². The number of amides is 1. The van der Waals surface area contributed by atoms with Crippen LogP contribution >= 0.6 is 0 Å². The molecule has 3 aliphatic carbocycles. The Bertz CT molecular complexity index is 2370. The van der Waals surface area contributed by atoms with Gasteiger partial charge in [0.05, 0.1) is 30.1 Å². The van der Waals surface area contributed by atoms with Gasteiger partial charge in [0.2, 0.25) is 5.91 Å². The molecule has 3 saturated carbocycles. The van der Waals surface area contributed by atoms with Gasteiger partial charge in [0.15, 0.2) is 34.6 Å². The number of esters is 2. The molecule has 64 heavy (non-hydrogen) atoms. The number of nitriles is 1. The van der Waals surface area contributed by atoms with Gasteiger partial charge in [-0.2, -0.15) is 5.26 Å². The summed E-state index contributed by atoms with van der Waals surface area (Å²) in [6.45, 7) is 25.5. The molecule has 1 amide bonds. The van der Waals surface area contributed by atoms with E-state index in [1.54, 1.807) is 24.0 Å². The summed E-state index contributed by atoms with van der Waals surface area (Å²) in [5.74, 6) is -6.69. The van der Waals surface area contributed by atoms with E-state index < -0.39 is 88.0 Å². The fraction of sp³-hybridized carbons (Fsp3) is 0.580. The molecule has 0 aromatic heterocycles. The van der Waals surface area contributed by atoms with Crippen LogP contribution < -0.4 is 14.2 Å². The van der Waals surface area contributed by atoms with Gasteiger partial charge >= 0.3 is 18.0 Å². The highest BCUT2D eigenvalue weighted by atomic mass is 16.6. The number of allylic oxidation sites excluding steroid dienone is 4. The molecule has 0 radical (unpaired) electrons. The second kappa shape index (κ2) is 17.1. The molecule has 340 valence electrons. The van der Waals surface area contributed by atoms with E-state index in [1.165, 1.54) is 7.11 Å². The number of fused-ring (bicyclic) bond motifs is 2. The fourth-order valence-corrected chi connectivity index (χ4v) is 11.1. The molecule has 7 aliphatic rings. The van der Waals surface area contributed by atoms with Gasteiger partial charge in [-0.25, -0.2) is 11.4 Å². The molecule has 0 N–H and O–H groups in total. The van der Waals surface area contributed by atoms with E-state index in [-0.39, 0.29) is 41.9 Å². The van der Waals surface area contributed by atoms with E-state index in [0.29, 0.717) is 55.9 Å². The SMILES string of the molecule is [C-]#[N+]C(C#N)C1C2CC3C(C)(C)OC(C/C=C(/C)C(=O)OC)(C2=O)C32Oc3c(CC=C(C)C)c4c(c(OC(=O)CC(=O)N5CCN(C)CC5)c3C(=O)C12)C=CC(C)(CCC=C(C)C)O4. The molecule has 1 aromatic carbocycles. The van der Waals surface area contributed by atoms with E-state index in [4.69, 9.17) is 30.3 Å². The summed E-state index contributed by atoms with van der Waals surface area (Å²) in [5.41, 5.74) is -2.56. The third kappa shape index (κ3) is 7.56. The smallest absolute Gasteiger partial charge is 0.333 e. The molecule has 14 heteroatoms. The van der Waals surface area contributed by atoms with Gasteiger partial charge in [-0.1, -0.05) is 29.4 Å². The summed E-state index contributed by atoms with van der Waals surface area (Å²) in [7, 11) is 3.22. The van der Waals surface area contributed by atoms with Crippen LogP contribution in [0.4, 0.5) is 0 Å². The van der Waals surface area contributed by atoms with Crippen molar-refractivity contribution in [2.24, 2.45) is 23.7 Å². The van der Waals surface area contributed by atoms with E-state index in [0.717, 1.165) is 11.1 Å². The summed E-state index contributed by atoms with van der Waals surface area (Å²) in [4.78, 5) is 79.3. The van der Waals surface area contributed by atoms with Crippen molar-refractivity contribution in [2.45, 2.75) is 122 Å². The third-order valence-corrected chi connectivity index (χ3v) is 14.3. The summed E-state index contributed by atoms with van der Waals surface area (Å²) in [5, 5.41) is 10.5. The van der Waals surface area contributed by atoms with Crippen LogP contribution in [-0.4, -0.2) is 108 Å². The first-order chi connectivity index (χ1) is 30.2. The second-order valence-electron chi connectivity index (χ2n) is 19.5. The Hall–Kier alpha value is -5.57. The lowest BCUT2D eigenvalue weighted by atomic mass is 9.42. The van der Waals surface area contributed by atoms with E-state index in [9.17, 15) is 19.6 Å². The molecule has 4 bridgehead atoms. The lowest BCUT2D eigenvalue weighted by Crippen LogP contribution is -2.79. The minimum atomic E-state index is -1.86. The van der Waals surface area contributed by atoms with Crippen molar-refractivity contribution in [2.75, 3.05) is 40.3 Å². The summed E-state index contributed by atoms with van der Waals surface area (Å²) >= 11 is 0. The number of rotatable bonds is 12. The Morgan fingerprint density at radius 1 is 1.02 bits per heavy atom. The number of benzene rings is 1. The first kappa shape index (κ1) is 46.4. The lowest BCUT2D eigenvalue weighted by molar-refractivity contribution is -0.211. The van der Waals surface area contributed by atoms with Crippen molar-refractivity contribution in [1.82, 2.24) is 9.80 Å². The molecule has 4 aliphatic heterocycles. The summed E-state index contributed by atoms with van der Waals surface area (Å²) in [6.07, 6.45) is 10.2. The number of methoxy groups -OCH3 is 1. The van der Waals surface area contributed by atoms with Crippen LogP contribution in [0.5, 0.6) is 17.2 Å². The molecule has 14 nitrogen and oxygen atoms in total. The minimum Gasteiger partial charge on any atom is -0.482 e. The maximum absolute atomic E-state index is 16.2. The Labute approximate surface area is 376 Å². The zero-order chi connectivity index (χ0) is 46.7. The van der Waals surface area contributed by atoms with Crippen molar-refractivity contribution in [1.29, 1.82) is 5.26 Å². The Kier molecular flexibility index (Phi) is 12.4. The molecule has 8 rings (SSSR count). The maximum atomic E-state index is 16.2. The van der Waals surface area contributed by atoms with E-state index >= 15 is 9.59 Å². The topological polar surface area (TPSA) is 166 Å². The molecule has 8 atom stereocenters. The van der Waals surface area contributed by atoms with E-state index in [1.807, 2.05) is 67.7 Å². The van der Waals surface area contributed by atoms with Gasteiger partial charge in [-0.15, -0.1) is 0 Å². The van der Waals surface area contributed by atoms with Crippen LogP contribution in [0.15, 0.2) is 41.0 Å². The number of Topliss-reactive ketones (excluding diaryl/α,β-unsaturated/α-hetero) is 2. The molecule has 1 spiro atoms. The van der Waals surface area contributed by atoms with Gasteiger partial charge in [0.1, 0.15) is 29.1 Å².